The summed E-state index contributed by atoms with van der Waals surface area (Å²) in [6.07, 6.45) is 4.41. The van der Waals surface area contributed by atoms with E-state index in [4.69, 9.17) is 0 Å². The Morgan fingerprint density at radius 1 is 1.13 bits per heavy atom. The molecule has 110 valence electrons. The average molecular weight is 301 g/mol. The molecular formula is C16H11N7. The number of benzene rings is 1. The number of hydrogen-bond donors (Lipinski definition) is 1. The van der Waals surface area contributed by atoms with Gasteiger partial charge in [-0.25, -0.2) is 4.52 Å². The van der Waals surface area contributed by atoms with Crippen molar-refractivity contribution in [2.75, 3.05) is 0 Å². The van der Waals surface area contributed by atoms with Gasteiger partial charge in [-0.15, -0.1) is 5.10 Å². The van der Waals surface area contributed by atoms with Crippen LogP contribution < -0.4 is 0 Å². The molecule has 0 aliphatic carbocycles. The highest BCUT2D eigenvalue weighted by molar-refractivity contribution is 5.93. The second-order valence-electron chi connectivity index (χ2n) is 5.43. The van der Waals surface area contributed by atoms with E-state index in [2.05, 4.69) is 48.9 Å². The Balaban J connectivity index is 1.61. The lowest BCUT2D eigenvalue weighted by Gasteiger charge is -2.03. The van der Waals surface area contributed by atoms with E-state index in [0.29, 0.717) is 0 Å². The van der Waals surface area contributed by atoms with Gasteiger partial charge in [0.1, 0.15) is 11.0 Å². The average Bonchev–Trinajstić information content (AvgIpc) is 3.22. The fourth-order valence-corrected chi connectivity index (χ4v) is 2.91. The minimum absolute atomic E-state index is 0.750. The Morgan fingerprint density at radius 3 is 3.13 bits per heavy atom. The van der Waals surface area contributed by atoms with Gasteiger partial charge in [-0.3, -0.25) is 10.1 Å². The zero-order valence-electron chi connectivity index (χ0n) is 12.0. The first-order chi connectivity index (χ1) is 11.4. The van der Waals surface area contributed by atoms with Gasteiger partial charge in [-0.2, -0.15) is 5.10 Å². The second-order valence-corrected chi connectivity index (χ2v) is 5.43. The lowest BCUT2D eigenvalue weighted by atomic mass is 10.0. The van der Waals surface area contributed by atoms with Crippen LogP contribution in [0, 0.1) is 0 Å². The largest absolute Gasteiger partial charge is 0.279 e. The second kappa shape index (κ2) is 4.57. The highest BCUT2D eigenvalue weighted by Crippen LogP contribution is 2.22. The molecule has 4 aromatic heterocycles. The number of tetrazole rings is 1. The Labute approximate surface area is 130 Å². The summed E-state index contributed by atoms with van der Waals surface area (Å²) >= 11 is 0. The van der Waals surface area contributed by atoms with Crippen molar-refractivity contribution in [2.24, 2.45) is 0 Å². The molecule has 0 atom stereocenters. The van der Waals surface area contributed by atoms with Gasteiger partial charge in [0.2, 0.25) is 0 Å². The van der Waals surface area contributed by atoms with E-state index in [1.54, 1.807) is 10.7 Å². The normalized spacial score (nSPS) is 11.7. The van der Waals surface area contributed by atoms with Crippen LogP contribution in [-0.4, -0.2) is 35.2 Å². The summed E-state index contributed by atoms with van der Waals surface area (Å²) in [5.74, 6) is 0. The molecule has 0 aliphatic rings. The predicted octanol–water partition coefficient (Wildman–Crippen LogP) is 2.14. The zero-order valence-corrected chi connectivity index (χ0v) is 12.0. The maximum atomic E-state index is 4.41. The summed E-state index contributed by atoms with van der Waals surface area (Å²) in [4.78, 5) is 4.41. The van der Waals surface area contributed by atoms with Crippen LogP contribution in [0.4, 0.5) is 0 Å². The monoisotopic (exact) mass is 301 g/mol. The minimum atomic E-state index is 0.750. The van der Waals surface area contributed by atoms with E-state index < -0.39 is 0 Å². The lowest BCUT2D eigenvalue weighted by molar-refractivity contribution is 0.824. The number of nitrogens with one attached hydrogen (secondary N) is 1. The van der Waals surface area contributed by atoms with Crippen LogP contribution in [-0.2, 0) is 6.42 Å². The zero-order chi connectivity index (χ0) is 15.2. The van der Waals surface area contributed by atoms with Crippen LogP contribution in [0.5, 0.6) is 0 Å². The topological polar surface area (TPSA) is 84.6 Å². The third kappa shape index (κ3) is 1.87. The van der Waals surface area contributed by atoms with Gasteiger partial charge in [0.15, 0.2) is 5.65 Å². The van der Waals surface area contributed by atoms with E-state index in [-0.39, 0.29) is 0 Å². The summed E-state index contributed by atoms with van der Waals surface area (Å²) < 4.78 is 1.67. The number of rotatable bonds is 2. The quantitative estimate of drug-likeness (QED) is 0.540. The molecule has 4 heterocycles. The first kappa shape index (κ1) is 12.2. The van der Waals surface area contributed by atoms with Crippen molar-refractivity contribution in [3.63, 3.8) is 0 Å². The number of aromatic nitrogens is 7. The van der Waals surface area contributed by atoms with Gasteiger partial charge in [0.25, 0.3) is 0 Å². The number of pyridine rings is 2. The van der Waals surface area contributed by atoms with Gasteiger partial charge in [-0.1, -0.05) is 18.2 Å². The Kier molecular flexibility index (Phi) is 2.43. The number of hydrogen-bond acceptors (Lipinski definition) is 5. The minimum Gasteiger partial charge on any atom is -0.279 e. The van der Waals surface area contributed by atoms with Gasteiger partial charge >= 0.3 is 0 Å². The van der Waals surface area contributed by atoms with Gasteiger partial charge in [0, 0.05) is 24.2 Å². The van der Waals surface area contributed by atoms with Gasteiger partial charge < -0.3 is 0 Å². The molecule has 0 amide bonds. The van der Waals surface area contributed by atoms with Crippen LogP contribution in [0.3, 0.4) is 0 Å². The highest BCUT2D eigenvalue weighted by Gasteiger charge is 2.09. The lowest BCUT2D eigenvalue weighted by Crippen LogP contribution is -1.92. The molecule has 0 saturated carbocycles. The smallest absolute Gasteiger partial charge is 0.186 e. The van der Waals surface area contributed by atoms with Crippen molar-refractivity contribution in [1.82, 2.24) is 35.2 Å². The maximum absolute atomic E-state index is 4.41. The molecule has 5 aromatic rings. The van der Waals surface area contributed by atoms with E-state index >= 15 is 0 Å². The number of H-pyrrole nitrogens is 1. The summed E-state index contributed by atoms with van der Waals surface area (Å²) in [5.41, 5.74) is 4.78. The van der Waals surface area contributed by atoms with Crippen molar-refractivity contribution >= 4 is 27.5 Å². The van der Waals surface area contributed by atoms with Crippen LogP contribution in [0.1, 0.15) is 11.3 Å². The molecule has 0 unspecified atom stereocenters. The van der Waals surface area contributed by atoms with Crippen molar-refractivity contribution in [2.45, 2.75) is 6.42 Å². The number of fused-ring (bicyclic) bond motifs is 4. The van der Waals surface area contributed by atoms with Crippen LogP contribution in [0.2, 0.25) is 0 Å². The van der Waals surface area contributed by atoms with Gasteiger partial charge in [0.05, 0.1) is 5.69 Å². The molecular weight excluding hydrogens is 290 g/mol. The Bertz CT molecular complexity index is 1150. The molecule has 0 fully saturated rings. The molecule has 5 rings (SSSR count). The van der Waals surface area contributed by atoms with E-state index in [0.717, 1.165) is 39.6 Å². The van der Waals surface area contributed by atoms with Crippen molar-refractivity contribution < 1.29 is 0 Å². The third-order valence-electron chi connectivity index (χ3n) is 4.01. The predicted molar refractivity (Wildman–Crippen MR) is 85.0 cm³/mol. The SMILES string of the molecule is c1cnc2c(Cc3ccc4c(ccn5nnnc45)c3)[nH]nc2c1. The summed E-state index contributed by atoms with van der Waals surface area (Å²) in [6.45, 7) is 0. The van der Waals surface area contributed by atoms with Crippen LogP contribution in [0.25, 0.3) is 27.5 Å². The summed E-state index contributed by atoms with van der Waals surface area (Å²) in [7, 11) is 0. The fourth-order valence-electron chi connectivity index (χ4n) is 2.91. The van der Waals surface area contributed by atoms with Crippen LogP contribution >= 0.6 is 0 Å². The molecule has 1 aromatic carbocycles. The van der Waals surface area contributed by atoms with Crippen molar-refractivity contribution in [3.8, 4) is 0 Å². The Hall–Kier alpha value is -3.35. The third-order valence-corrected chi connectivity index (χ3v) is 4.01. The summed E-state index contributed by atoms with van der Waals surface area (Å²) in [5, 5.41) is 21.2. The van der Waals surface area contributed by atoms with Gasteiger partial charge in [-0.05, 0) is 39.6 Å². The van der Waals surface area contributed by atoms with Crippen molar-refractivity contribution in [1.29, 1.82) is 0 Å². The van der Waals surface area contributed by atoms with Crippen molar-refractivity contribution in [3.05, 3.63) is 60.0 Å². The van der Waals surface area contributed by atoms with E-state index in [9.17, 15) is 0 Å². The molecule has 7 nitrogen and oxygen atoms in total. The maximum Gasteiger partial charge on any atom is 0.186 e. The molecule has 1 N–H and O–H groups in total. The van der Waals surface area contributed by atoms with E-state index in [1.807, 2.05) is 24.4 Å². The molecule has 0 saturated heterocycles. The molecule has 23 heavy (non-hydrogen) atoms. The molecule has 0 spiro atoms. The molecule has 7 heteroatoms. The standard InChI is InChI=1S/C16H11N7/c1-2-13-15(17-6-1)14(19-18-13)9-10-3-4-12-11(8-10)5-7-23-16(12)20-21-22-23/h1-8H,9H2,(H,18,19). The Morgan fingerprint density at radius 2 is 2.13 bits per heavy atom. The molecule has 0 radical (unpaired) electrons. The number of aromatic amines is 1. The molecule has 0 bridgehead atoms. The first-order valence-electron chi connectivity index (χ1n) is 7.26. The summed E-state index contributed by atoms with van der Waals surface area (Å²) in [6, 6.07) is 12.2. The number of nitrogens with zero attached hydrogens (tertiary/aromatic N) is 6. The van der Waals surface area contributed by atoms with E-state index in [1.165, 1.54) is 5.56 Å². The highest BCUT2D eigenvalue weighted by atomic mass is 15.5. The fraction of sp³-hybridized carbons (Fsp3) is 0.0625. The molecule has 0 aliphatic heterocycles. The first-order valence-corrected chi connectivity index (χ1v) is 7.26. The van der Waals surface area contributed by atoms with Crippen LogP contribution in [0.15, 0.2) is 48.8 Å².